The summed E-state index contributed by atoms with van der Waals surface area (Å²) in [6.45, 7) is 8.00. The van der Waals surface area contributed by atoms with Gasteiger partial charge in [0.25, 0.3) is 0 Å². The second-order valence-corrected chi connectivity index (χ2v) is 2.00. The van der Waals surface area contributed by atoms with Crippen LogP contribution in [-0.4, -0.2) is 0 Å². The predicted octanol–water partition coefficient (Wildman–Crippen LogP) is 3.85. The van der Waals surface area contributed by atoms with Crippen LogP contribution >= 0.6 is 0 Å². The number of nitrogens with zero attached hydrogens (tertiary/aromatic N) is 1. The maximum absolute atomic E-state index is 4.12. The maximum Gasteiger partial charge on any atom is 0 e. The molecular formula is C12H18NRf-. The predicted molar refractivity (Wildman–Crippen MR) is 60.0 cm³/mol. The van der Waals surface area contributed by atoms with Gasteiger partial charge in [0, 0.05) is 0 Å². The molecule has 1 aromatic carbocycles. The number of rotatable bonds is 0. The van der Waals surface area contributed by atoms with Crippen molar-refractivity contribution in [2.75, 3.05) is 0 Å². The van der Waals surface area contributed by atoms with E-state index in [0.717, 1.165) is 5.52 Å². The zero-order valence-electron chi connectivity index (χ0n) is 9.62. The smallest absolute Gasteiger partial charge is 0 e. The summed E-state index contributed by atoms with van der Waals surface area (Å²) in [5.41, 5.74) is 1.08. The van der Waals surface area contributed by atoms with Crippen LogP contribution in [0.3, 0.4) is 0 Å². The largest absolute Gasteiger partial charge is 0.664 e. The number of fused-ring (bicyclic) bond motifs is 1. The Morgan fingerprint density at radius 1 is 0.857 bits per heavy atom. The van der Waals surface area contributed by atoms with Gasteiger partial charge in [-0.1, -0.05) is 58.0 Å². The quantitative estimate of drug-likeness (QED) is 0.604. The molecule has 0 saturated heterocycles. The average Bonchev–Trinajstić information content (AvgIpc) is 2.71. The van der Waals surface area contributed by atoms with Crippen molar-refractivity contribution in [3.63, 3.8) is 0 Å². The minimum atomic E-state index is 0. The van der Waals surface area contributed by atoms with Crippen LogP contribution in [0.1, 0.15) is 27.7 Å². The molecule has 74 valence electrons. The summed E-state index contributed by atoms with van der Waals surface area (Å²) in [7, 11) is 0. The van der Waals surface area contributed by atoms with E-state index in [-0.39, 0.29) is 0 Å². The fraction of sp³-hybridized carbons (Fsp3) is 0.333. The Morgan fingerprint density at radius 2 is 1.43 bits per heavy atom. The Balaban J connectivity index is 0. The van der Waals surface area contributed by atoms with Gasteiger partial charge in [-0.3, -0.25) is 0 Å². The van der Waals surface area contributed by atoms with Gasteiger partial charge < -0.3 is 4.98 Å². The van der Waals surface area contributed by atoms with Gasteiger partial charge in [-0.05, 0) is 5.39 Å². The average molecular weight is 443 g/mol. The molecule has 0 saturated carbocycles. The summed E-state index contributed by atoms with van der Waals surface area (Å²) in [4.78, 5) is 4.12. The van der Waals surface area contributed by atoms with Gasteiger partial charge in [0.2, 0.25) is 0 Å². The third-order valence-electron chi connectivity index (χ3n) is 1.40. The van der Waals surface area contributed by atoms with Gasteiger partial charge in [-0.15, -0.1) is 5.52 Å². The van der Waals surface area contributed by atoms with E-state index in [1.165, 1.54) is 5.39 Å². The second-order valence-electron chi connectivity index (χ2n) is 2.00. The standard InChI is InChI=1S/C8H6N.2C2H6.Rf/c1-2-4-8-7(3-1)5-6-9-8;2*1-2;/h1-6H;2*1-2H3;/q-1;;;. The van der Waals surface area contributed by atoms with Gasteiger partial charge in [0.1, 0.15) is 0 Å². The van der Waals surface area contributed by atoms with E-state index >= 15 is 0 Å². The molecule has 0 N–H and O–H groups in total. The van der Waals surface area contributed by atoms with Gasteiger partial charge in [0.15, 0.2) is 0 Å². The van der Waals surface area contributed by atoms with Crippen molar-refractivity contribution in [2.45, 2.75) is 27.7 Å². The molecule has 1 aromatic heterocycles. The summed E-state index contributed by atoms with van der Waals surface area (Å²) < 4.78 is 0. The van der Waals surface area contributed by atoms with E-state index in [1.54, 1.807) is 0 Å². The Morgan fingerprint density at radius 3 is 2.00 bits per heavy atom. The maximum atomic E-state index is 4.12. The molecular weight excluding hydrogens is 425 g/mol. The third-order valence-corrected chi connectivity index (χ3v) is 1.40. The van der Waals surface area contributed by atoms with Crippen molar-refractivity contribution in [2.24, 2.45) is 0 Å². The van der Waals surface area contributed by atoms with Gasteiger partial charge in [-0.2, -0.15) is 6.20 Å². The third kappa shape index (κ3) is 3.44. The molecule has 0 fully saturated rings. The molecule has 0 aliphatic heterocycles. The minimum Gasteiger partial charge on any atom is -0.664 e. The van der Waals surface area contributed by atoms with Crippen molar-refractivity contribution in [1.82, 2.24) is 4.98 Å². The van der Waals surface area contributed by atoms with Crippen molar-refractivity contribution in [3.05, 3.63) is 36.5 Å². The first kappa shape index (κ1) is 14.3. The molecule has 1 heterocycles. The number of hydrogen-bond acceptors (Lipinski definition) is 0. The van der Waals surface area contributed by atoms with Crippen LogP contribution in [0.4, 0.5) is 0 Å². The van der Waals surface area contributed by atoms with Crippen molar-refractivity contribution in [1.29, 1.82) is 0 Å². The molecule has 2 aromatic rings. The molecule has 0 bridgehead atoms. The van der Waals surface area contributed by atoms with Crippen LogP contribution in [0.5, 0.6) is 0 Å². The first-order valence-electron chi connectivity index (χ1n) is 4.93. The normalized spacial score (nSPS) is 7.43. The molecule has 2 rings (SSSR count). The van der Waals surface area contributed by atoms with Crippen LogP contribution < -0.4 is 4.98 Å². The Labute approximate surface area is 80.8 Å². The first-order valence-corrected chi connectivity index (χ1v) is 4.93. The molecule has 14 heavy (non-hydrogen) atoms. The van der Waals surface area contributed by atoms with Gasteiger partial charge in [0.05, 0.1) is 0 Å². The summed E-state index contributed by atoms with van der Waals surface area (Å²) in [6, 6.07) is 10.1. The summed E-state index contributed by atoms with van der Waals surface area (Å²) in [5, 5.41) is 1.22. The van der Waals surface area contributed by atoms with Crippen LogP contribution in [0.15, 0.2) is 36.5 Å². The van der Waals surface area contributed by atoms with Crippen LogP contribution in [0.2, 0.25) is 0 Å². The zero-order valence-corrected chi connectivity index (χ0v) is 16.0. The second kappa shape index (κ2) is 8.85. The molecule has 0 atom stereocenters. The molecule has 2 heteroatoms. The van der Waals surface area contributed by atoms with E-state index < -0.39 is 0 Å². The minimum absolute atomic E-state index is 0. The summed E-state index contributed by atoms with van der Waals surface area (Å²) in [5.74, 6) is 0. The van der Waals surface area contributed by atoms with Crippen LogP contribution in [-0.2, 0) is 0 Å². The number of benzene rings is 1. The summed E-state index contributed by atoms with van der Waals surface area (Å²) in [6.07, 6.45) is 1.82. The molecule has 0 unspecified atom stereocenters. The fourth-order valence-corrected chi connectivity index (χ4v) is 0.944. The molecule has 0 aliphatic rings. The van der Waals surface area contributed by atoms with E-state index in [9.17, 15) is 0 Å². The van der Waals surface area contributed by atoms with Gasteiger partial charge in [-0.25, -0.2) is 0 Å². The topological polar surface area (TPSA) is 14.1 Å². The Kier molecular flexibility index (Phi) is 9.04. The summed E-state index contributed by atoms with van der Waals surface area (Å²) >= 11 is 0. The number of aromatic nitrogens is 1. The van der Waals surface area contributed by atoms with Crippen LogP contribution in [0.25, 0.3) is 10.9 Å². The fourth-order valence-electron chi connectivity index (χ4n) is 0.944. The Bertz CT molecular complexity index is 284. The monoisotopic (exact) mass is 443 g/mol. The van der Waals surface area contributed by atoms with Crippen LogP contribution in [0, 0.1) is 0 Å². The molecule has 0 spiro atoms. The molecule has 0 aliphatic carbocycles. The Hall–Kier alpha value is -2.24. The van der Waals surface area contributed by atoms with Crippen molar-refractivity contribution < 1.29 is 0 Å². The first-order chi connectivity index (χ1) is 6.47. The number of para-hydroxylation sites is 1. The molecule has 1 nitrogen and oxygen atoms in total. The number of hydrogen-bond donors (Lipinski definition) is 0. The van der Waals surface area contributed by atoms with Crippen molar-refractivity contribution in [3.8, 4) is 0 Å². The zero-order chi connectivity index (χ0) is 10.1. The van der Waals surface area contributed by atoms with E-state index in [4.69, 9.17) is 0 Å². The van der Waals surface area contributed by atoms with Crippen molar-refractivity contribution >= 4 is 10.9 Å². The SMILES string of the molecule is CC.CC.[Rf].c1ccc2[n-]ccc2c1. The van der Waals surface area contributed by atoms with E-state index in [0.29, 0.717) is 0 Å². The van der Waals surface area contributed by atoms with Gasteiger partial charge >= 0.3 is 0 Å². The molecule has 0 amide bonds. The van der Waals surface area contributed by atoms with E-state index in [1.807, 2.05) is 58.2 Å². The van der Waals surface area contributed by atoms with E-state index in [2.05, 4.69) is 11.1 Å². The molecule has 0 radical (unpaired) electrons.